The molecule has 2 aliphatic carbocycles. The fraction of sp³-hybridized carbons (Fsp3) is 0.750. The van der Waals surface area contributed by atoms with E-state index >= 15 is 0 Å². The molecule has 2 rings (SSSR count). The monoisotopic (exact) mass is 248 g/mol. The summed E-state index contributed by atoms with van der Waals surface area (Å²) in [6.45, 7) is 0. The summed E-state index contributed by atoms with van der Waals surface area (Å²) < 4.78 is 0. The highest BCUT2D eigenvalue weighted by atomic mass is 16.1. The van der Waals surface area contributed by atoms with Crippen LogP contribution in [0.15, 0.2) is 12.2 Å². The van der Waals surface area contributed by atoms with E-state index in [4.69, 9.17) is 0 Å². The molecule has 0 N–H and O–H groups in total. The Labute approximate surface area is 110 Å². The summed E-state index contributed by atoms with van der Waals surface area (Å²) in [6.07, 6.45) is 14.4. The van der Waals surface area contributed by atoms with Crippen LogP contribution in [0.25, 0.3) is 0 Å². The number of carbonyl (C=O) groups is 2. The smallest absolute Gasteiger partial charge is 0.158 e. The molecule has 0 radical (unpaired) electrons. The zero-order valence-corrected chi connectivity index (χ0v) is 11.2. The molecule has 2 nitrogen and oxygen atoms in total. The molecule has 0 aromatic rings. The van der Waals surface area contributed by atoms with Crippen molar-refractivity contribution in [2.45, 2.75) is 64.2 Å². The molecule has 0 heterocycles. The lowest BCUT2D eigenvalue weighted by Gasteiger charge is -2.19. The summed E-state index contributed by atoms with van der Waals surface area (Å²) in [6, 6.07) is 0. The summed E-state index contributed by atoms with van der Waals surface area (Å²) in [5.74, 6) is 0.737. The van der Waals surface area contributed by atoms with Crippen LogP contribution in [-0.4, -0.2) is 11.6 Å². The number of hydrogen-bond donors (Lipinski definition) is 0. The van der Waals surface area contributed by atoms with Gasteiger partial charge in [-0.3, -0.25) is 9.59 Å². The first-order valence-corrected chi connectivity index (χ1v) is 7.53. The van der Waals surface area contributed by atoms with Crippen LogP contribution in [0.3, 0.4) is 0 Å². The Morgan fingerprint density at radius 1 is 0.611 bits per heavy atom. The minimum absolute atomic E-state index is 0.179. The van der Waals surface area contributed by atoms with Crippen LogP contribution in [0, 0.1) is 11.8 Å². The van der Waals surface area contributed by atoms with Gasteiger partial charge in [0.1, 0.15) is 0 Å². The SMILES string of the molecule is O=C(/C=C/C(=O)C1CCCCC1)C1CCCCC1. The van der Waals surface area contributed by atoms with Crippen molar-refractivity contribution in [2.75, 3.05) is 0 Å². The molecule has 2 aliphatic rings. The van der Waals surface area contributed by atoms with Gasteiger partial charge in [0.25, 0.3) is 0 Å². The molecule has 0 aromatic heterocycles. The molecule has 0 spiro atoms. The Balaban J connectivity index is 1.81. The van der Waals surface area contributed by atoms with Crippen LogP contribution >= 0.6 is 0 Å². The van der Waals surface area contributed by atoms with Crippen molar-refractivity contribution in [3.8, 4) is 0 Å². The van der Waals surface area contributed by atoms with E-state index in [2.05, 4.69) is 0 Å². The fourth-order valence-corrected chi connectivity index (χ4v) is 3.21. The maximum atomic E-state index is 11.9. The van der Waals surface area contributed by atoms with Crippen molar-refractivity contribution in [2.24, 2.45) is 11.8 Å². The number of hydrogen-bond acceptors (Lipinski definition) is 2. The van der Waals surface area contributed by atoms with E-state index in [1.54, 1.807) is 12.2 Å². The second-order valence-electron chi connectivity index (χ2n) is 5.81. The standard InChI is InChI=1S/C16H24O2/c17-15(13-7-3-1-4-8-13)11-12-16(18)14-9-5-2-6-10-14/h11-14H,1-10H2/b12-11+. The van der Waals surface area contributed by atoms with Crippen molar-refractivity contribution in [3.63, 3.8) is 0 Å². The average molecular weight is 248 g/mol. The fourth-order valence-electron chi connectivity index (χ4n) is 3.21. The van der Waals surface area contributed by atoms with Crippen LogP contribution in [0.4, 0.5) is 0 Å². The van der Waals surface area contributed by atoms with Crippen molar-refractivity contribution < 1.29 is 9.59 Å². The van der Waals surface area contributed by atoms with Gasteiger partial charge in [0.05, 0.1) is 0 Å². The van der Waals surface area contributed by atoms with E-state index in [0.29, 0.717) is 0 Å². The lowest BCUT2D eigenvalue weighted by Crippen LogP contribution is -2.18. The van der Waals surface area contributed by atoms with Crippen LogP contribution in [0.5, 0.6) is 0 Å². The van der Waals surface area contributed by atoms with Crippen molar-refractivity contribution >= 4 is 11.6 Å². The summed E-state index contributed by atoms with van der Waals surface area (Å²) in [5.41, 5.74) is 0. The molecule has 0 bridgehead atoms. The van der Waals surface area contributed by atoms with Gasteiger partial charge in [-0.25, -0.2) is 0 Å². The molecule has 0 amide bonds. The molecule has 0 aromatic carbocycles. The maximum Gasteiger partial charge on any atom is 0.158 e. The molecule has 0 aliphatic heterocycles. The van der Waals surface area contributed by atoms with Gasteiger partial charge in [0.15, 0.2) is 11.6 Å². The van der Waals surface area contributed by atoms with Crippen molar-refractivity contribution in [1.82, 2.24) is 0 Å². The molecular weight excluding hydrogens is 224 g/mol. The molecule has 0 unspecified atom stereocenters. The molecule has 2 heteroatoms. The minimum atomic E-state index is 0.179. The molecule has 2 fully saturated rings. The van der Waals surface area contributed by atoms with Crippen LogP contribution in [0.1, 0.15) is 64.2 Å². The van der Waals surface area contributed by atoms with Crippen molar-refractivity contribution in [1.29, 1.82) is 0 Å². The second kappa shape index (κ2) is 6.86. The first kappa shape index (κ1) is 13.5. The number of carbonyl (C=O) groups excluding carboxylic acids is 2. The zero-order chi connectivity index (χ0) is 12.8. The highest BCUT2D eigenvalue weighted by Gasteiger charge is 2.21. The van der Waals surface area contributed by atoms with Crippen molar-refractivity contribution in [3.05, 3.63) is 12.2 Å². The predicted molar refractivity (Wildman–Crippen MR) is 72.3 cm³/mol. The summed E-state index contributed by atoms with van der Waals surface area (Å²) >= 11 is 0. The largest absolute Gasteiger partial charge is 0.295 e. The van der Waals surface area contributed by atoms with E-state index in [0.717, 1.165) is 25.7 Å². The van der Waals surface area contributed by atoms with Gasteiger partial charge in [-0.2, -0.15) is 0 Å². The average Bonchev–Trinajstić information content (AvgIpc) is 2.46. The molecular formula is C16H24O2. The predicted octanol–water partition coefficient (Wildman–Crippen LogP) is 3.84. The van der Waals surface area contributed by atoms with E-state index in [1.165, 1.54) is 38.5 Å². The Kier molecular flexibility index (Phi) is 5.15. The second-order valence-corrected chi connectivity index (χ2v) is 5.81. The van der Waals surface area contributed by atoms with Gasteiger partial charge in [-0.05, 0) is 37.8 Å². The normalized spacial score (nSPS) is 23.3. The van der Waals surface area contributed by atoms with Gasteiger partial charge in [-0.1, -0.05) is 38.5 Å². The van der Waals surface area contributed by atoms with E-state index in [-0.39, 0.29) is 23.4 Å². The Hall–Kier alpha value is -0.920. The van der Waals surface area contributed by atoms with Gasteiger partial charge in [0.2, 0.25) is 0 Å². The number of rotatable bonds is 4. The van der Waals surface area contributed by atoms with Gasteiger partial charge in [0, 0.05) is 11.8 Å². The first-order valence-electron chi connectivity index (χ1n) is 7.53. The Bertz CT molecular complexity index is 286. The lowest BCUT2D eigenvalue weighted by molar-refractivity contribution is -0.121. The third kappa shape index (κ3) is 3.79. The lowest BCUT2D eigenvalue weighted by atomic mass is 9.84. The van der Waals surface area contributed by atoms with Gasteiger partial charge in [-0.15, -0.1) is 0 Å². The first-order chi connectivity index (χ1) is 8.77. The highest BCUT2D eigenvalue weighted by Crippen LogP contribution is 2.26. The molecule has 0 saturated heterocycles. The van der Waals surface area contributed by atoms with E-state index in [1.807, 2.05) is 0 Å². The molecule has 100 valence electrons. The highest BCUT2D eigenvalue weighted by molar-refractivity contribution is 6.00. The Morgan fingerprint density at radius 3 is 1.28 bits per heavy atom. The van der Waals surface area contributed by atoms with E-state index < -0.39 is 0 Å². The quantitative estimate of drug-likeness (QED) is 0.708. The Morgan fingerprint density at radius 2 is 0.944 bits per heavy atom. The van der Waals surface area contributed by atoms with Crippen LogP contribution < -0.4 is 0 Å². The molecule has 18 heavy (non-hydrogen) atoms. The minimum Gasteiger partial charge on any atom is -0.295 e. The number of allylic oxidation sites excluding steroid dienone is 2. The summed E-state index contributed by atoms with van der Waals surface area (Å²) in [4.78, 5) is 23.9. The molecule has 0 atom stereocenters. The summed E-state index contributed by atoms with van der Waals surface area (Å²) in [5, 5.41) is 0. The van der Waals surface area contributed by atoms with Crippen LogP contribution in [0.2, 0.25) is 0 Å². The third-order valence-electron chi connectivity index (χ3n) is 4.43. The molecule has 2 saturated carbocycles. The summed E-state index contributed by atoms with van der Waals surface area (Å²) in [7, 11) is 0. The van der Waals surface area contributed by atoms with E-state index in [9.17, 15) is 9.59 Å². The number of ketones is 2. The third-order valence-corrected chi connectivity index (χ3v) is 4.43. The topological polar surface area (TPSA) is 34.1 Å². The van der Waals surface area contributed by atoms with Crippen LogP contribution in [-0.2, 0) is 9.59 Å². The zero-order valence-electron chi connectivity index (χ0n) is 11.2. The maximum absolute atomic E-state index is 11.9. The van der Waals surface area contributed by atoms with Gasteiger partial charge >= 0.3 is 0 Å². The van der Waals surface area contributed by atoms with Gasteiger partial charge < -0.3 is 0 Å².